The molecule has 1 saturated heterocycles. The van der Waals surface area contributed by atoms with Gasteiger partial charge in [-0.2, -0.15) is 0 Å². The maximum absolute atomic E-state index is 4.76. The summed E-state index contributed by atoms with van der Waals surface area (Å²) in [4.78, 5) is 0. The standard InChI is InChI=1S/C12H18N2.CH2Cl2/c1-2-4-11(5-3-1)10-14-12-6-8-13-9-7-12;2-1-3/h1-5,12-14H,6-10H2;1H2. The Bertz CT molecular complexity index is 274. The quantitative estimate of drug-likeness (QED) is 0.829. The third-order valence-electron chi connectivity index (χ3n) is 2.78. The van der Waals surface area contributed by atoms with Gasteiger partial charge in [0.05, 0.1) is 5.34 Å². The van der Waals surface area contributed by atoms with Crippen LogP contribution in [-0.4, -0.2) is 24.5 Å². The Kier molecular flexibility index (Phi) is 8.45. The maximum Gasteiger partial charge on any atom is 0.0967 e. The number of alkyl halides is 2. The van der Waals surface area contributed by atoms with Gasteiger partial charge in [0, 0.05) is 12.6 Å². The van der Waals surface area contributed by atoms with Gasteiger partial charge in [0.15, 0.2) is 0 Å². The first-order chi connectivity index (χ1) is 8.36. The highest BCUT2D eigenvalue weighted by atomic mass is 35.5. The zero-order chi connectivity index (χ0) is 12.3. The first kappa shape index (κ1) is 14.8. The van der Waals surface area contributed by atoms with Crippen LogP contribution in [-0.2, 0) is 6.54 Å². The van der Waals surface area contributed by atoms with Gasteiger partial charge in [-0.3, -0.25) is 0 Å². The molecule has 0 aromatic heterocycles. The van der Waals surface area contributed by atoms with E-state index in [1.807, 2.05) is 0 Å². The molecule has 0 saturated carbocycles. The van der Waals surface area contributed by atoms with Gasteiger partial charge in [-0.05, 0) is 31.5 Å². The zero-order valence-electron chi connectivity index (χ0n) is 9.96. The first-order valence-electron chi connectivity index (χ1n) is 5.96. The van der Waals surface area contributed by atoms with E-state index in [9.17, 15) is 0 Å². The molecule has 0 aliphatic carbocycles. The van der Waals surface area contributed by atoms with Crippen LogP contribution in [0.15, 0.2) is 30.3 Å². The van der Waals surface area contributed by atoms with Gasteiger partial charge in [-0.15, -0.1) is 23.2 Å². The van der Waals surface area contributed by atoms with E-state index in [0.717, 1.165) is 19.6 Å². The van der Waals surface area contributed by atoms with Crippen LogP contribution in [0, 0.1) is 0 Å². The number of piperidine rings is 1. The third-order valence-corrected chi connectivity index (χ3v) is 2.78. The molecule has 0 bridgehead atoms. The van der Waals surface area contributed by atoms with E-state index in [4.69, 9.17) is 23.2 Å². The zero-order valence-corrected chi connectivity index (χ0v) is 11.5. The van der Waals surface area contributed by atoms with E-state index in [2.05, 4.69) is 41.0 Å². The van der Waals surface area contributed by atoms with Crippen molar-refractivity contribution in [3.63, 3.8) is 0 Å². The van der Waals surface area contributed by atoms with Gasteiger partial charge in [0.1, 0.15) is 0 Å². The predicted molar refractivity (Wildman–Crippen MR) is 75.7 cm³/mol. The monoisotopic (exact) mass is 274 g/mol. The van der Waals surface area contributed by atoms with Gasteiger partial charge in [0.25, 0.3) is 0 Å². The summed E-state index contributed by atoms with van der Waals surface area (Å²) in [6, 6.07) is 11.3. The van der Waals surface area contributed by atoms with Gasteiger partial charge in [0.2, 0.25) is 0 Å². The van der Waals surface area contributed by atoms with Crippen molar-refractivity contribution >= 4 is 23.2 Å². The van der Waals surface area contributed by atoms with Gasteiger partial charge in [-0.25, -0.2) is 0 Å². The lowest BCUT2D eigenvalue weighted by Crippen LogP contribution is -2.39. The van der Waals surface area contributed by atoms with Gasteiger partial charge < -0.3 is 10.6 Å². The van der Waals surface area contributed by atoms with Crippen LogP contribution in [0.1, 0.15) is 18.4 Å². The lowest BCUT2D eigenvalue weighted by molar-refractivity contribution is 0.386. The molecular weight excluding hydrogens is 255 g/mol. The van der Waals surface area contributed by atoms with Crippen LogP contribution in [0.25, 0.3) is 0 Å². The van der Waals surface area contributed by atoms with Crippen LogP contribution in [0.3, 0.4) is 0 Å². The average Bonchev–Trinajstić information content (AvgIpc) is 2.40. The van der Waals surface area contributed by atoms with Crippen LogP contribution in [0.2, 0.25) is 0 Å². The summed E-state index contributed by atoms with van der Waals surface area (Å²) in [5.74, 6) is 0. The van der Waals surface area contributed by atoms with Crippen LogP contribution in [0.5, 0.6) is 0 Å². The summed E-state index contributed by atoms with van der Waals surface area (Å²) in [7, 11) is 0. The summed E-state index contributed by atoms with van der Waals surface area (Å²) in [5.41, 5.74) is 1.38. The Labute approximate surface area is 114 Å². The minimum Gasteiger partial charge on any atom is -0.317 e. The fourth-order valence-corrected chi connectivity index (χ4v) is 1.88. The first-order valence-corrected chi connectivity index (χ1v) is 7.03. The van der Waals surface area contributed by atoms with Crippen molar-refractivity contribution in [1.29, 1.82) is 0 Å². The second kappa shape index (κ2) is 9.72. The minimum absolute atomic E-state index is 0.194. The highest BCUT2D eigenvalue weighted by Gasteiger charge is 2.11. The Morgan fingerprint density at radius 3 is 2.29 bits per heavy atom. The van der Waals surface area contributed by atoms with Crippen molar-refractivity contribution in [3.8, 4) is 0 Å². The number of benzene rings is 1. The van der Waals surface area contributed by atoms with E-state index in [1.165, 1.54) is 18.4 Å². The fraction of sp³-hybridized carbons (Fsp3) is 0.538. The molecule has 0 unspecified atom stereocenters. The van der Waals surface area contributed by atoms with Crippen molar-refractivity contribution in [2.45, 2.75) is 25.4 Å². The van der Waals surface area contributed by atoms with E-state index in [-0.39, 0.29) is 5.34 Å². The van der Waals surface area contributed by atoms with Crippen LogP contribution in [0.4, 0.5) is 0 Å². The topological polar surface area (TPSA) is 24.1 Å². The van der Waals surface area contributed by atoms with Crippen molar-refractivity contribution in [2.75, 3.05) is 18.4 Å². The largest absolute Gasteiger partial charge is 0.317 e. The number of rotatable bonds is 3. The summed E-state index contributed by atoms with van der Waals surface area (Å²) in [5, 5.41) is 7.17. The van der Waals surface area contributed by atoms with Crippen molar-refractivity contribution in [3.05, 3.63) is 35.9 Å². The van der Waals surface area contributed by atoms with Gasteiger partial charge in [-0.1, -0.05) is 30.3 Å². The second-order valence-electron chi connectivity index (χ2n) is 3.99. The molecule has 2 nitrogen and oxygen atoms in total. The molecule has 0 radical (unpaired) electrons. The van der Waals surface area contributed by atoms with E-state index < -0.39 is 0 Å². The Hall–Kier alpha value is -0.280. The number of halogens is 2. The van der Waals surface area contributed by atoms with Gasteiger partial charge >= 0.3 is 0 Å². The molecule has 1 aliphatic heterocycles. The van der Waals surface area contributed by atoms with E-state index in [1.54, 1.807) is 0 Å². The Balaban J connectivity index is 0.000000437. The summed E-state index contributed by atoms with van der Waals surface area (Å²) < 4.78 is 0. The molecule has 1 heterocycles. The molecule has 1 aromatic rings. The normalized spacial score (nSPS) is 16.1. The van der Waals surface area contributed by atoms with Crippen LogP contribution >= 0.6 is 23.2 Å². The highest BCUT2D eigenvalue weighted by Crippen LogP contribution is 2.04. The second-order valence-corrected chi connectivity index (χ2v) is 4.80. The smallest absolute Gasteiger partial charge is 0.0967 e. The summed E-state index contributed by atoms with van der Waals surface area (Å²) >= 11 is 9.53. The lowest BCUT2D eigenvalue weighted by Gasteiger charge is -2.23. The summed E-state index contributed by atoms with van der Waals surface area (Å²) in [6.07, 6.45) is 2.51. The molecule has 2 N–H and O–H groups in total. The predicted octanol–water partition coefficient (Wildman–Crippen LogP) is 2.95. The molecule has 4 heteroatoms. The van der Waals surface area contributed by atoms with Crippen LogP contribution < -0.4 is 10.6 Å². The fourth-order valence-electron chi connectivity index (χ4n) is 1.88. The molecule has 1 fully saturated rings. The average molecular weight is 275 g/mol. The molecule has 0 amide bonds. The van der Waals surface area contributed by atoms with E-state index in [0.29, 0.717) is 6.04 Å². The lowest BCUT2D eigenvalue weighted by atomic mass is 10.1. The molecule has 0 atom stereocenters. The highest BCUT2D eigenvalue weighted by molar-refractivity contribution is 6.40. The molecule has 96 valence electrons. The maximum atomic E-state index is 4.76. The minimum atomic E-state index is 0.194. The molecule has 0 spiro atoms. The molecule has 1 aliphatic rings. The summed E-state index contributed by atoms with van der Waals surface area (Å²) in [6.45, 7) is 3.32. The Morgan fingerprint density at radius 1 is 1.12 bits per heavy atom. The molecular formula is C13H20Cl2N2. The van der Waals surface area contributed by atoms with Crippen molar-refractivity contribution in [2.24, 2.45) is 0 Å². The molecule has 1 aromatic carbocycles. The third kappa shape index (κ3) is 6.89. The molecule has 17 heavy (non-hydrogen) atoms. The van der Waals surface area contributed by atoms with E-state index >= 15 is 0 Å². The number of nitrogens with one attached hydrogen (secondary N) is 2. The van der Waals surface area contributed by atoms with Crippen molar-refractivity contribution < 1.29 is 0 Å². The SMILES string of the molecule is ClCCl.c1ccc(CNC2CCNCC2)cc1. The number of hydrogen-bond donors (Lipinski definition) is 2. The number of hydrogen-bond acceptors (Lipinski definition) is 2. The van der Waals surface area contributed by atoms with Crippen molar-refractivity contribution in [1.82, 2.24) is 10.6 Å². The molecule has 2 rings (SSSR count). The Morgan fingerprint density at radius 2 is 1.71 bits per heavy atom.